The first-order valence-corrected chi connectivity index (χ1v) is 7.53. The second-order valence-corrected chi connectivity index (χ2v) is 5.38. The van der Waals surface area contributed by atoms with Crippen molar-refractivity contribution in [2.45, 2.75) is 51.9 Å². The van der Waals surface area contributed by atoms with Crippen LogP contribution in [0.15, 0.2) is 24.3 Å². The molecule has 0 amide bonds. The molecule has 1 aliphatic rings. The largest absolute Gasteiger partial charge is 0.493 e. The number of ether oxygens (including phenoxy) is 1. The number of fused-ring (bicyclic) bond motifs is 1. The highest BCUT2D eigenvalue weighted by molar-refractivity contribution is 5.88. The van der Waals surface area contributed by atoms with Gasteiger partial charge >= 0.3 is 0 Å². The number of Topliss-reactive ketones (excluding diaryl/α,β-unsaturated/α-hetero) is 1. The van der Waals surface area contributed by atoms with Gasteiger partial charge in [0.2, 0.25) is 0 Å². The van der Waals surface area contributed by atoms with Crippen LogP contribution in [0.2, 0.25) is 0 Å². The summed E-state index contributed by atoms with van der Waals surface area (Å²) in [4.78, 5) is 12.7. The van der Waals surface area contributed by atoms with Gasteiger partial charge in [0.1, 0.15) is 11.5 Å². The number of hydrogen-bond donors (Lipinski definition) is 0. The van der Waals surface area contributed by atoms with Gasteiger partial charge in [0, 0.05) is 17.4 Å². The second kappa shape index (κ2) is 6.74. The average molecular weight is 260 g/mol. The van der Waals surface area contributed by atoms with Gasteiger partial charge in [0.05, 0.1) is 6.61 Å². The number of hydrogen-bond acceptors (Lipinski definition) is 2. The van der Waals surface area contributed by atoms with Crippen molar-refractivity contribution in [3.8, 4) is 5.75 Å². The Labute approximate surface area is 116 Å². The van der Waals surface area contributed by atoms with Gasteiger partial charge in [-0.1, -0.05) is 44.9 Å². The van der Waals surface area contributed by atoms with E-state index in [2.05, 4.69) is 13.8 Å². The van der Waals surface area contributed by atoms with Crippen LogP contribution in [0, 0.1) is 5.92 Å². The maximum absolute atomic E-state index is 12.7. The Hall–Kier alpha value is -1.31. The smallest absolute Gasteiger partial charge is 0.143 e. The fourth-order valence-electron chi connectivity index (χ4n) is 2.92. The molecular formula is C17H24O2. The van der Waals surface area contributed by atoms with E-state index >= 15 is 0 Å². The summed E-state index contributed by atoms with van der Waals surface area (Å²) in [6.45, 7) is 4.97. The van der Waals surface area contributed by atoms with Crippen LogP contribution < -0.4 is 4.74 Å². The molecule has 2 heteroatoms. The van der Waals surface area contributed by atoms with Gasteiger partial charge in [-0.2, -0.15) is 0 Å². The van der Waals surface area contributed by atoms with E-state index in [1.165, 1.54) is 0 Å². The van der Waals surface area contributed by atoms with E-state index in [0.717, 1.165) is 43.4 Å². The molecule has 1 aromatic carbocycles. The van der Waals surface area contributed by atoms with Gasteiger partial charge < -0.3 is 4.74 Å². The Morgan fingerprint density at radius 2 is 2.16 bits per heavy atom. The molecule has 2 nitrogen and oxygen atoms in total. The summed E-state index contributed by atoms with van der Waals surface area (Å²) >= 11 is 0. The van der Waals surface area contributed by atoms with Gasteiger partial charge in [-0.15, -0.1) is 0 Å². The number of rotatable bonds is 6. The zero-order valence-electron chi connectivity index (χ0n) is 12.0. The molecule has 0 aromatic heterocycles. The molecule has 0 aliphatic carbocycles. The highest BCUT2D eigenvalue weighted by Crippen LogP contribution is 2.36. The van der Waals surface area contributed by atoms with Gasteiger partial charge in [-0.25, -0.2) is 0 Å². The molecule has 2 unspecified atom stereocenters. The first-order chi connectivity index (χ1) is 9.27. The summed E-state index contributed by atoms with van der Waals surface area (Å²) in [6.07, 6.45) is 5.13. The maximum atomic E-state index is 12.7. The molecule has 2 rings (SSSR count). The number of unbranched alkanes of at least 4 members (excludes halogenated alkanes) is 1. The van der Waals surface area contributed by atoms with E-state index in [9.17, 15) is 4.79 Å². The lowest BCUT2D eigenvalue weighted by atomic mass is 9.81. The summed E-state index contributed by atoms with van der Waals surface area (Å²) in [5.41, 5.74) is 1.09. The van der Waals surface area contributed by atoms with Crippen molar-refractivity contribution in [3.63, 3.8) is 0 Å². The van der Waals surface area contributed by atoms with E-state index < -0.39 is 0 Å². The Balaban J connectivity index is 2.15. The quantitative estimate of drug-likeness (QED) is 0.760. The van der Waals surface area contributed by atoms with Crippen LogP contribution in [-0.4, -0.2) is 12.4 Å². The summed E-state index contributed by atoms with van der Waals surface area (Å²) in [5.74, 6) is 1.59. The Morgan fingerprint density at radius 1 is 1.37 bits per heavy atom. The van der Waals surface area contributed by atoms with Gasteiger partial charge in [0.25, 0.3) is 0 Å². The van der Waals surface area contributed by atoms with Crippen LogP contribution in [0.4, 0.5) is 0 Å². The van der Waals surface area contributed by atoms with Crippen LogP contribution in [0.3, 0.4) is 0 Å². The van der Waals surface area contributed by atoms with E-state index in [-0.39, 0.29) is 11.8 Å². The second-order valence-electron chi connectivity index (χ2n) is 5.38. The van der Waals surface area contributed by atoms with Crippen molar-refractivity contribution < 1.29 is 9.53 Å². The summed E-state index contributed by atoms with van der Waals surface area (Å²) in [5, 5.41) is 0. The lowest BCUT2D eigenvalue weighted by molar-refractivity contribution is -0.125. The lowest BCUT2D eigenvalue weighted by Gasteiger charge is -2.27. The summed E-state index contributed by atoms with van der Waals surface area (Å²) < 4.78 is 5.65. The molecule has 1 aliphatic heterocycles. The van der Waals surface area contributed by atoms with Crippen LogP contribution >= 0.6 is 0 Å². The first kappa shape index (κ1) is 14.1. The number of para-hydroxylation sites is 1. The van der Waals surface area contributed by atoms with Crippen molar-refractivity contribution >= 4 is 5.78 Å². The molecule has 0 N–H and O–H groups in total. The maximum Gasteiger partial charge on any atom is 0.143 e. The zero-order valence-corrected chi connectivity index (χ0v) is 12.0. The van der Waals surface area contributed by atoms with E-state index in [1.54, 1.807) is 0 Å². The molecule has 0 spiro atoms. The van der Waals surface area contributed by atoms with Crippen molar-refractivity contribution in [1.82, 2.24) is 0 Å². The Bertz CT molecular complexity index is 425. The van der Waals surface area contributed by atoms with E-state index in [4.69, 9.17) is 4.74 Å². The number of benzene rings is 1. The third-order valence-corrected chi connectivity index (χ3v) is 4.10. The van der Waals surface area contributed by atoms with Crippen LogP contribution in [0.25, 0.3) is 0 Å². The van der Waals surface area contributed by atoms with Crippen LogP contribution in [0.5, 0.6) is 5.75 Å². The third-order valence-electron chi connectivity index (χ3n) is 4.10. The molecular weight excluding hydrogens is 236 g/mol. The minimum atomic E-state index is 0.0479. The van der Waals surface area contributed by atoms with Crippen molar-refractivity contribution in [1.29, 1.82) is 0 Å². The van der Waals surface area contributed by atoms with Crippen molar-refractivity contribution in [3.05, 3.63) is 29.8 Å². The van der Waals surface area contributed by atoms with Crippen molar-refractivity contribution in [2.24, 2.45) is 5.92 Å². The number of ketones is 1. The molecule has 104 valence electrons. The molecule has 0 radical (unpaired) electrons. The Kier molecular flexibility index (Phi) is 5.00. The highest BCUT2D eigenvalue weighted by atomic mass is 16.5. The highest BCUT2D eigenvalue weighted by Gasteiger charge is 2.31. The fraction of sp³-hybridized carbons (Fsp3) is 0.588. The van der Waals surface area contributed by atoms with Crippen LogP contribution in [0.1, 0.15) is 57.4 Å². The van der Waals surface area contributed by atoms with Crippen molar-refractivity contribution in [2.75, 3.05) is 6.61 Å². The van der Waals surface area contributed by atoms with Gasteiger partial charge in [0.15, 0.2) is 0 Å². The van der Waals surface area contributed by atoms with E-state index in [0.29, 0.717) is 12.4 Å². The fourth-order valence-corrected chi connectivity index (χ4v) is 2.92. The number of carbonyl (C=O) groups excluding carboxylic acids is 1. The normalized spacial score (nSPS) is 19.4. The third kappa shape index (κ3) is 3.17. The van der Waals surface area contributed by atoms with Crippen LogP contribution in [-0.2, 0) is 4.79 Å². The SMILES string of the molecule is CCCCC(CC)C(=O)C1CCOc2ccccc21. The monoisotopic (exact) mass is 260 g/mol. The molecule has 0 saturated carbocycles. The molecule has 19 heavy (non-hydrogen) atoms. The molecule has 1 aromatic rings. The predicted molar refractivity (Wildman–Crippen MR) is 77.6 cm³/mol. The molecule has 0 fully saturated rings. The minimum absolute atomic E-state index is 0.0479. The standard InChI is InChI=1S/C17H24O2/c1-3-5-8-13(4-2)17(18)15-11-12-19-16-10-7-6-9-14(15)16/h6-7,9-10,13,15H,3-5,8,11-12H2,1-2H3. The zero-order chi connectivity index (χ0) is 13.7. The predicted octanol–water partition coefficient (Wildman–Crippen LogP) is 4.34. The molecule has 2 atom stereocenters. The lowest BCUT2D eigenvalue weighted by Crippen LogP contribution is -2.26. The topological polar surface area (TPSA) is 26.3 Å². The summed E-state index contributed by atoms with van der Waals surface area (Å²) in [7, 11) is 0. The van der Waals surface area contributed by atoms with Gasteiger partial charge in [-0.05, 0) is 25.3 Å². The van der Waals surface area contributed by atoms with Gasteiger partial charge in [-0.3, -0.25) is 4.79 Å². The van der Waals surface area contributed by atoms with E-state index in [1.807, 2.05) is 24.3 Å². The molecule has 1 heterocycles. The molecule has 0 saturated heterocycles. The summed E-state index contributed by atoms with van der Waals surface area (Å²) in [6, 6.07) is 7.99. The molecule has 0 bridgehead atoms. The average Bonchev–Trinajstić information content (AvgIpc) is 2.47. The Morgan fingerprint density at radius 3 is 2.89 bits per heavy atom. The number of carbonyl (C=O) groups is 1. The first-order valence-electron chi connectivity index (χ1n) is 7.53. The minimum Gasteiger partial charge on any atom is -0.493 e.